The minimum atomic E-state index is 0.590. The third kappa shape index (κ3) is 2.49. The second kappa shape index (κ2) is 4.94. The Kier molecular flexibility index (Phi) is 3.37. The Bertz CT molecular complexity index is 454. The van der Waals surface area contributed by atoms with E-state index in [1.54, 1.807) is 13.4 Å². The smallest absolute Gasteiger partial charge is 0.137 e. The first-order valence-electron chi connectivity index (χ1n) is 4.89. The molecule has 1 heterocycles. The van der Waals surface area contributed by atoms with Crippen molar-refractivity contribution in [1.29, 1.82) is 0 Å². The molecule has 84 valence electrons. The van der Waals surface area contributed by atoms with Crippen molar-refractivity contribution >= 4 is 17.3 Å². The lowest BCUT2D eigenvalue weighted by Crippen LogP contribution is -1.98. The molecule has 0 fully saturated rings. The van der Waals surface area contributed by atoms with Gasteiger partial charge < -0.3 is 14.5 Å². The highest BCUT2D eigenvalue weighted by molar-refractivity contribution is 6.32. The average Bonchev–Trinajstić information content (AvgIpc) is 2.79. The maximum atomic E-state index is 6.00. The lowest BCUT2D eigenvalue weighted by Gasteiger charge is -2.07. The van der Waals surface area contributed by atoms with Crippen molar-refractivity contribution in [2.45, 2.75) is 6.54 Å². The lowest BCUT2D eigenvalue weighted by molar-refractivity contribution is 0.415. The zero-order valence-corrected chi connectivity index (χ0v) is 9.62. The Labute approximate surface area is 99.0 Å². The first-order chi connectivity index (χ1) is 7.79. The molecule has 0 aliphatic rings. The van der Waals surface area contributed by atoms with Gasteiger partial charge in [0.1, 0.15) is 11.5 Å². The van der Waals surface area contributed by atoms with Gasteiger partial charge >= 0.3 is 0 Å². The van der Waals surface area contributed by atoms with E-state index < -0.39 is 0 Å². The van der Waals surface area contributed by atoms with Crippen molar-refractivity contribution in [3.63, 3.8) is 0 Å². The molecule has 0 saturated heterocycles. The maximum Gasteiger partial charge on any atom is 0.137 e. The molecule has 2 rings (SSSR count). The zero-order chi connectivity index (χ0) is 11.4. The Morgan fingerprint density at radius 2 is 2.25 bits per heavy atom. The van der Waals surface area contributed by atoms with Gasteiger partial charge in [0, 0.05) is 5.69 Å². The van der Waals surface area contributed by atoms with Gasteiger partial charge in [0.05, 0.1) is 24.9 Å². The zero-order valence-electron chi connectivity index (χ0n) is 8.87. The largest absolute Gasteiger partial charge is 0.495 e. The van der Waals surface area contributed by atoms with Gasteiger partial charge in [-0.15, -0.1) is 0 Å². The number of halogens is 1. The second-order valence-electron chi connectivity index (χ2n) is 3.28. The molecule has 3 nitrogen and oxygen atoms in total. The van der Waals surface area contributed by atoms with E-state index in [0.717, 1.165) is 11.4 Å². The van der Waals surface area contributed by atoms with Crippen molar-refractivity contribution in [2.75, 3.05) is 12.4 Å². The number of hydrogen-bond donors (Lipinski definition) is 1. The molecule has 0 spiro atoms. The normalized spacial score (nSPS) is 10.1. The van der Waals surface area contributed by atoms with E-state index >= 15 is 0 Å². The third-order valence-electron chi connectivity index (χ3n) is 2.20. The molecule has 0 aliphatic heterocycles. The fourth-order valence-corrected chi connectivity index (χ4v) is 1.64. The summed E-state index contributed by atoms with van der Waals surface area (Å²) in [6.07, 6.45) is 1.65. The molecule has 0 unspecified atom stereocenters. The van der Waals surface area contributed by atoms with E-state index in [1.165, 1.54) is 0 Å². The van der Waals surface area contributed by atoms with Crippen LogP contribution in [0.3, 0.4) is 0 Å². The minimum Gasteiger partial charge on any atom is -0.495 e. The van der Waals surface area contributed by atoms with E-state index in [1.807, 2.05) is 30.3 Å². The molecular weight excluding hydrogens is 226 g/mol. The van der Waals surface area contributed by atoms with Crippen LogP contribution in [0, 0.1) is 0 Å². The minimum absolute atomic E-state index is 0.590. The van der Waals surface area contributed by atoms with Gasteiger partial charge in [0.2, 0.25) is 0 Å². The molecule has 0 saturated carbocycles. The van der Waals surface area contributed by atoms with E-state index in [9.17, 15) is 0 Å². The van der Waals surface area contributed by atoms with Gasteiger partial charge in [0.25, 0.3) is 0 Å². The predicted octanol–water partition coefficient (Wildman–Crippen LogP) is 3.55. The van der Waals surface area contributed by atoms with Gasteiger partial charge in [-0.3, -0.25) is 0 Å². The summed E-state index contributed by atoms with van der Waals surface area (Å²) in [7, 11) is 1.59. The quantitative estimate of drug-likeness (QED) is 0.883. The van der Waals surface area contributed by atoms with E-state index in [0.29, 0.717) is 17.3 Å². The third-order valence-corrected chi connectivity index (χ3v) is 2.49. The molecule has 2 aromatic rings. The maximum absolute atomic E-state index is 6.00. The Morgan fingerprint density at radius 3 is 2.88 bits per heavy atom. The first kappa shape index (κ1) is 10.9. The number of nitrogens with one attached hydrogen (secondary N) is 1. The van der Waals surface area contributed by atoms with Crippen LogP contribution in [-0.4, -0.2) is 7.11 Å². The standard InChI is InChI=1S/C12H12ClNO2/c1-15-12-5-4-9(7-11(12)13)14-8-10-3-2-6-16-10/h2-7,14H,8H2,1H3. The summed E-state index contributed by atoms with van der Waals surface area (Å²) in [5.41, 5.74) is 0.933. The van der Waals surface area contributed by atoms with Crippen molar-refractivity contribution in [1.82, 2.24) is 0 Å². The van der Waals surface area contributed by atoms with Gasteiger partial charge in [-0.05, 0) is 30.3 Å². The van der Waals surface area contributed by atoms with Crippen LogP contribution in [0.5, 0.6) is 5.75 Å². The Balaban J connectivity index is 2.02. The molecule has 1 aromatic heterocycles. The molecule has 0 aliphatic carbocycles. The van der Waals surface area contributed by atoms with E-state index in [-0.39, 0.29) is 0 Å². The van der Waals surface area contributed by atoms with Crippen LogP contribution in [0.1, 0.15) is 5.76 Å². The molecule has 0 atom stereocenters. The van der Waals surface area contributed by atoms with Crippen molar-refractivity contribution < 1.29 is 9.15 Å². The average molecular weight is 238 g/mol. The summed E-state index contributed by atoms with van der Waals surface area (Å²) in [5, 5.41) is 3.80. The number of anilines is 1. The van der Waals surface area contributed by atoms with E-state index in [4.69, 9.17) is 20.8 Å². The number of rotatable bonds is 4. The highest BCUT2D eigenvalue weighted by Gasteiger charge is 2.02. The van der Waals surface area contributed by atoms with Gasteiger partial charge in [0.15, 0.2) is 0 Å². The summed E-state index contributed by atoms with van der Waals surface area (Å²) < 4.78 is 10.3. The SMILES string of the molecule is COc1ccc(NCc2ccco2)cc1Cl. The fourth-order valence-electron chi connectivity index (χ4n) is 1.38. The molecular formula is C12H12ClNO2. The summed E-state index contributed by atoms with van der Waals surface area (Å²) in [4.78, 5) is 0. The summed E-state index contributed by atoms with van der Waals surface area (Å²) in [5.74, 6) is 1.55. The summed E-state index contributed by atoms with van der Waals surface area (Å²) in [6, 6.07) is 9.33. The monoisotopic (exact) mass is 237 g/mol. The fraction of sp³-hybridized carbons (Fsp3) is 0.167. The molecule has 0 bridgehead atoms. The number of ether oxygens (including phenoxy) is 1. The number of furan rings is 1. The highest BCUT2D eigenvalue weighted by Crippen LogP contribution is 2.27. The molecule has 1 aromatic carbocycles. The van der Waals surface area contributed by atoms with Gasteiger partial charge in [-0.2, -0.15) is 0 Å². The topological polar surface area (TPSA) is 34.4 Å². The summed E-state index contributed by atoms with van der Waals surface area (Å²) in [6.45, 7) is 0.635. The van der Waals surface area contributed by atoms with E-state index in [2.05, 4.69) is 5.32 Å². The van der Waals surface area contributed by atoms with Crippen molar-refractivity contribution in [2.24, 2.45) is 0 Å². The van der Waals surface area contributed by atoms with Gasteiger partial charge in [-0.25, -0.2) is 0 Å². The first-order valence-corrected chi connectivity index (χ1v) is 5.27. The number of benzene rings is 1. The van der Waals surface area contributed by atoms with Crippen LogP contribution in [0.2, 0.25) is 5.02 Å². The highest BCUT2D eigenvalue weighted by atomic mass is 35.5. The van der Waals surface area contributed by atoms with Crippen LogP contribution in [0.25, 0.3) is 0 Å². The molecule has 4 heteroatoms. The second-order valence-corrected chi connectivity index (χ2v) is 3.69. The molecule has 1 N–H and O–H groups in total. The van der Waals surface area contributed by atoms with Crippen molar-refractivity contribution in [3.8, 4) is 5.75 Å². The Hall–Kier alpha value is -1.61. The predicted molar refractivity (Wildman–Crippen MR) is 64.0 cm³/mol. The number of hydrogen-bond acceptors (Lipinski definition) is 3. The van der Waals surface area contributed by atoms with Crippen LogP contribution in [-0.2, 0) is 6.54 Å². The van der Waals surface area contributed by atoms with Crippen LogP contribution < -0.4 is 10.1 Å². The Morgan fingerprint density at radius 1 is 1.38 bits per heavy atom. The van der Waals surface area contributed by atoms with Gasteiger partial charge in [-0.1, -0.05) is 11.6 Å². The van der Waals surface area contributed by atoms with Crippen LogP contribution in [0.4, 0.5) is 5.69 Å². The lowest BCUT2D eigenvalue weighted by atomic mass is 10.3. The van der Waals surface area contributed by atoms with Crippen LogP contribution >= 0.6 is 11.6 Å². The van der Waals surface area contributed by atoms with Crippen LogP contribution in [0.15, 0.2) is 41.0 Å². The van der Waals surface area contributed by atoms with Crippen molar-refractivity contribution in [3.05, 3.63) is 47.4 Å². The molecule has 16 heavy (non-hydrogen) atoms. The number of methoxy groups -OCH3 is 1. The molecule has 0 amide bonds. The summed E-state index contributed by atoms with van der Waals surface area (Å²) >= 11 is 6.00. The molecule has 0 radical (unpaired) electrons.